The van der Waals surface area contributed by atoms with Crippen LogP contribution in [-0.2, 0) is 11.0 Å². The van der Waals surface area contributed by atoms with E-state index in [0.29, 0.717) is 35.2 Å². The second-order valence-electron chi connectivity index (χ2n) is 9.84. The van der Waals surface area contributed by atoms with Crippen LogP contribution in [0.15, 0.2) is 54.9 Å². The third-order valence-corrected chi connectivity index (χ3v) is 7.06. The Kier molecular flexibility index (Phi) is 10.9. The van der Waals surface area contributed by atoms with Crippen LogP contribution in [0.25, 0.3) is 5.70 Å². The SMILES string of the molecule is CC(=O)Nc1ncc(/C(N)=C/N(C)N)s1.Cc1ccc(C(=O)Nc2cc(N3CCN(C)CC3)cc(C(F)(F)F)c2)cc1. The molecule has 0 aliphatic carbocycles. The number of carbonyl (C=O) groups is 2. The van der Waals surface area contributed by atoms with Gasteiger partial charge >= 0.3 is 6.18 Å². The van der Waals surface area contributed by atoms with Crippen molar-refractivity contribution in [2.24, 2.45) is 11.6 Å². The van der Waals surface area contributed by atoms with E-state index in [-0.39, 0.29) is 11.6 Å². The highest BCUT2D eigenvalue weighted by Gasteiger charge is 2.32. The molecule has 14 heteroatoms. The topological polar surface area (TPSA) is 133 Å². The minimum Gasteiger partial charge on any atom is -0.396 e. The van der Waals surface area contributed by atoms with Crippen molar-refractivity contribution in [2.75, 3.05) is 55.8 Å². The fourth-order valence-corrected chi connectivity index (χ4v) is 4.69. The van der Waals surface area contributed by atoms with Gasteiger partial charge in [0.2, 0.25) is 5.91 Å². The number of nitrogens with two attached hydrogens (primary N) is 2. The van der Waals surface area contributed by atoms with E-state index in [1.54, 1.807) is 49.8 Å². The van der Waals surface area contributed by atoms with Crippen molar-refractivity contribution in [2.45, 2.75) is 20.0 Å². The standard InChI is InChI=1S/C20H22F3N3O.C8H13N5OS/c1-14-3-5-15(6-4-14)19(27)24-17-11-16(20(21,22)23)12-18(13-17)26-9-7-25(2)8-10-26;1-5(14)12-8-11-3-7(15-8)6(9)4-13(2)10/h3-6,11-13H,7-10H2,1-2H3,(H,24,27);3-4H,9-10H2,1-2H3,(H,11,12,14)/b;6-4-. The lowest BCUT2D eigenvalue weighted by molar-refractivity contribution is -0.137. The van der Waals surface area contributed by atoms with Gasteiger partial charge in [-0.25, -0.2) is 10.8 Å². The molecule has 42 heavy (non-hydrogen) atoms. The van der Waals surface area contributed by atoms with Gasteiger partial charge < -0.3 is 31.2 Å². The molecule has 10 nitrogen and oxygen atoms in total. The Labute approximate surface area is 246 Å². The molecule has 2 aromatic carbocycles. The van der Waals surface area contributed by atoms with Crippen molar-refractivity contribution in [3.05, 3.63) is 76.4 Å². The molecule has 1 aliphatic rings. The highest BCUT2D eigenvalue weighted by molar-refractivity contribution is 7.16. The summed E-state index contributed by atoms with van der Waals surface area (Å²) in [6.45, 7) is 6.17. The molecule has 0 bridgehead atoms. The summed E-state index contributed by atoms with van der Waals surface area (Å²) in [5.41, 5.74) is 7.50. The van der Waals surface area contributed by atoms with Crippen LogP contribution in [0, 0.1) is 6.92 Å². The molecule has 1 aromatic heterocycles. The van der Waals surface area contributed by atoms with Crippen molar-refractivity contribution in [3.63, 3.8) is 0 Å². The number of aryl methyl sites for hydroxylation is 1. The minimum absolute atomic E-state index is 0.143. The normalized spacial score (nSPS) is 14.1. The first-order chi connectivity index (χ1) is 19.7. The van der Waals surface area contributed by atoms with Crippen LogP contribution in [-0.4, -0.2) is 67.0 Å². The van der Waals surface area contributed by atoms with E-state index in [9.17, 15) is 22.8 Å². The van der Waals surface area contributed by atoms with Gasteiger partial charge in [-0.3, -0.25) is 9.59 Å². The molecule has 0 saturated carbocycles. The fourth-order valence-electron chi connectivity index (χ4n) is 3.90. The third-order valence-electron chi connectivity index (χ3n) is 6.10. The van der Waals surface area contributed by atoms with Crippen molar-refractivity contribution < 1.29 is 22.8 Å². The number of carbonyl (C=O) groups excluding carboxylic acids is 2. The van der Waals surface area contributed by atoms with Crippen molar-refractivity contribution in [1.82, 2.24) is 14.9 Å². The number of hydrazine groups is 1. The number of nitrogens with one attached hydrogen (secondary N) is 2. The molecule has 1 fully saturated rings. The summed E-state index contributed by atoms with van der Waals surface area (Å²) in [6.07, 6.45) is -1.32. The predicted molar refractivity (Wildman–Crippen MR) is 161 cm³/mol. The number of thiazole rings is 1. The summed E-state index contributed by atoms with van der Waals surface area (Å²) in [4.78, 5) is 31.9. The Morgan fingerprint density at radius 2 is 1.71 bits per heavy atom. The first-order valence-electron chi connectivity index (χ1n) is 12.9. The first-order valence-corrected chi connectivity index (χ1v) is 13.8. The minimum atomic E-state index is -4.48. The summed E-state index contributed by atoms with van der Waals surface area (Å²) < 4.78 is 40.0. The summed E-state index contributed by atoms with van der Waals surface area (Å²) in [5, 5.41) is 7.05. The zero-order chi connectivity index (χ0) is 31.0. The van der Waals surface area contributed by atoms with Gasteiger partial charge in [0.15, 0.2) is 5.13 Å². The fraction of sp³-hybridized carbons (Fsp3) is 0.321. The van der Waals surface area contributed by atoms with E-state index < -0.39 is 17.6 Å². The number of likely N-dealkylation sites (N-methyl/N-ethyl adjacent to an activating group) is 1. The molecule has 0 atom stereocenters. The molecule has 4 rings (SSSR count). The van der Waals surface area contributed by atoms with E-state index in [0.717, 1.165) is 35.7 Å². The molecule has 2 heterocycles. The molecule has 1 saturated heterocycles. The summed E-state index contributed by atoms with van der Waals surface area (Å²) in [6, 6.07) is 10.6. The molecule has 2 amide bonds. The number of alkyl halides is 3. The van der Waals surface area contributed by atoms with Gasteiger partial charge in [-0.2, -0.15) is 13.2 Å². The number of amides is 2. The van der Waals surface area contributed by atoms with E-state index >= 15 is 0 Å². The molecule has 3 aromatic rings. The Balaban J connectivity index is 0.000000274. The number of hydrogen-bond donors (Lipinski definition) is 4. The number of anilines is 3. The van der Waals surface area contributed by atoms with Gasteiger partial charge in [-0.1, -0.05) is 29.0 Å². The second-order valence-corrected chi connectivity index (χ2v) is 10.9. The Morgan fingerprint density at radius 1 is 1.07 bits per heavy atom. The summed E-state index contributed by atoms with van der Waals surface area (Å²) in [7, 11) is 3.65. The van der Waals surface area contributed by atoms with Crippen LogP contribution < -0.4 is 27.1 Å². The van der Waals surface area contributed by atoms with Crippen LogP contribution >= 0.6 is 11.3 Å². The Morgan fingerprint density at radius 3 is 2.29 bits per heavy atom. The van der Waals surface area contributed by atoms with Gasteiger partial charge in [0.1, 0.15) is 0 Å². The quantitative estimate of drug-likeness (QED) is 0.243. The van der Waals surface area contributed by atoms with E-state index in [4.69, 9.17) is 11.6 Å². The highest BCUT2D eigenvalue weighted by atomic mass is 32.1. The van der Waals surface area contributed by atoms with E-state index in [1.165, 1.54) is 23.3 Å². The monoisotopic (exact) mass is 604 g/mol. The number of benzene rings is 2. The summed E-state index contributed by atoms with van der Waals surface area (Å²) >= 11 is 1.29. The van der Waals surface area contributed by atoms with Crippen LogP contribution in [0.4, 0.5) is 29.7 Å². The number of rotatable bonds is 6. The predicted octanol–water partition coefficient (Wildman–Crippen LogP) is 4.18. The van der Waals surface area contributed by atoms with Crippen LogP contribution in [0.2, 0.25) is 0 Å². The average molecular weight is 605 g/mol. The first kappa shape index (κ1) is 32.4. The maximum Gasteiger partial charge on any atom is 0.416 e. The molecular weight excluding hydrogens is 569 g/mol. The van der Waals surface area contributed by atoms with Gasteiger partial charge in [0.25, 0.3) is 5.91 Å². The van der Waals surface area contributed by atoms with Crippen molar-refractivity contribution in [3.8, 4) is 0 Å². The largest absolute Gasteiger partial charge is 0.416 e. The maximum atomic E-state index is 13.3. The van der Waals surface area contributed by atoms with E-state index in [1.807, 2.05) is 18.9 Å². The zero-order valence-electron chi connectivity index (χ0n) is 23.8. The van der Waals surface area contributed by atoms with Gasteiger partial charge in [-0.15, -0.1) is 0 Å². The highest BCUT2D eigenvalue weighted by Crippen LogP contribution is 2.35. The number of piperazine rings is 1. The lowest BCUT2D eigenvalue weighted by Crippen LogP contribution is -2.44. The average Bonchev–Trinajstić information content (AvgIpc) is 3.37. The van der Waals surface area contributed by atoms with Crippen LogP contribution in [0.5, 0.6) is 0 Å². The van der Waals surface area contributed by atoms with Gasteiger partial charge in [0.05, 0.1) is 16.1 Å². The van der Waals surface area contributed by atoms with Crippen LogP contribution in [0.1, 0.15) is 33.3 Å². The summed E-state index contributed by atoms with van der Waals surface area (Å²) in [5.74, 6) is 4.82. The van der Waals surface area contributed by atoms with Crippen molar-refractivity contribution in [1.29, 1.82) is 0 Å². The maximum absolute atomic E-state index is 13.3. The smallest absolute Gasteiger partial charge is 0.396 e. The number of halogens is 3. The van der Waals surface area contributed by atoms with Gasteiger partial charge in [0, 0.05) is 69.5 Å². The van der Waals surface area contributed by atoms with Crippen LogP contribution in [0.3, 0.4) is 0 Å². The van der Waals surface area contributed by atoms with Gasteiger partial charge in [-0.05, 0) is 44.3 Å². The second kappa shape index (κ2) is 14.2. The Hall–Kier alpha value is -4.14. The molecule has 226 valence electrons. The third kappa shape index (κ3) is 9.75. The lowest BCUT2D eigenvalue weighted by atomic mass is 10.1. The number of aromatic nitrogens is 1. The van der Waals surface area contributed by atoms with Crippen molar-refractivity contribution >= 4 is 45.4 Å². The molecular formula is C28H35F3N8O2S. The lowest BCUT2D eigenvalue weighted by Gasteiger charge is -2.34. The molecule has 0 radical (unpaired) electrons. The molecule has 1 aliphatic heterocycles. The number of nitrogens with zero attached hydrogens (tertiary/aromatic N) is 4. The Bertz CT molecular complexity index is 1400. The van der Waals surface area contributed by atoms with E-state index in [2.05, 4.69) is 20.5 Å². The zero-order valence-corrected chi connectivity index (χ0v) is 24.6. The molecule has 0 unspecified atom stereocenters. The molecule has 6 N–H and O–H groups in total. The molecule has 0 spiro atoms. The number of hydrogen-bond acceptors (Lipinski definition) is 9.